The van der Waals surface area contributed by atoms with Crippen molar-refractivity contribution in [2.45, 2.75) is 108 Å². The number of nitrogens with one attached hydrogen (secondary N) is 1. The van der Waals surface area contributed by atoms with Crippen LogP contribution in [0.2, 0.25) is 0 Å². The van der Waals surface area contributed by atoms with Gasteiger partial charge in [0.05, 0.1) is 67.7 Å². The molecule has 3 atom stereocenters. The number of aromatic amines is 1. The number of benzene rings is 6. The molecule has 0 amide bonds. The smallest absolute Gasteiger partial charge is 0.394 e. The quantitative estimate of drug-likeness (QED) is 0.0642. The second-order valence-electron chi connectivity index (χ2n) is 21.0. The molecule has 0 aliphatic carbocycles. The highest BCUT2D eigenvalue weighted by Gasteiger charge is 2.35. The number of hydrogen-bond acceptors (Lipinski definition) is 15. The topological polar surface area (TPSA) is 219 Å². The van der Waals surface area contributed by atoms with Gasteiger partial charge in [-0.2, -0.15) is 54.3 Å². The summed E-state index contributed by atoms with van der Waals surface area (Å²) in [6.07, 6.45) is -12.7. The highest BCUT2D eigenvalue weighted by atomic mass is 35.5. The molecule has 28 heteroatoms. The van der Waals surface area contributed by atoms with Crippen LogP contribution in [0.1, 0.15) is 77.8 Å². The molecule has 2 saturated heterocycles. The first-order valence-corrected chi connectivity index (χ1v) is 27.8. The van der Waals surface area contributed by atoms with Gasteiger partial charge in [0, 0.05) is 16.7 Å². The van der Waals surface area contributed by atoms with E-state index in [4.69, 9.17) is 35.7 Å². The van der Waals surface area contributed by atoms with Gasteiger partial charge >= 0.3 is 18.5 Å². The molecule has 6 aromatic carbocycles. The molecule has 2 aliphatic heterocycles. The average molecular weight is 1250 g/mol. The maximum Gasteiger partial charge on any atom is 0.416 e. The molecule has 2 fully saturated rings. The molecule has 2 aliphatic rings. The highest BCUT2D eigenvalue weighted by Crippen LogP contribution is 2.34. The van der Waals surface area contributed by atoms with Gasteiger partial charge in [0.1, 0.15) is 6.10 Å². The molecule has 0 saturated carbocycles. The zero-order valence-electron chi connectivity index (χ0n) is 47.7. The minimum Gasteiger partial charge on any atom is -0.394 e. The summed E-state index contributed by atoms with van der Waals surface area (Å²) in [7, 11) is 0. The largest absolute Gasteiger partial charge is 0.416 e. The van der Waals surface area contributed by atoms with E-state index in [0.717, 1.165) is 80.9 Å². The van der Waals surface area contributed by atoms with Crippen molar-refractivity contribution in [1.29, 1.82) is 0 Å². The maximum absolute atomic E-state index is 12.8. The van der Waals surface area contributed by atoms with Gasteiger partial charge in [-0.3, -0.25) is 0 Å². The lowest BCUT2D eigenvalue weighted by Gasteiger charge is -2.16. The van der Waals surface area contributed by atoms with Gasteiger partial charge in [-0.15, -0.1) is 42.2 Å². The molecule has 5 heterocycles. The molecule has 0 bridgehead atoms. The van der Waals surface area contributed by atoms with E-state index in [2.05, 4.69) is 51.4 Å². The standard InChI is InChI=1S/C21H21F3N4O2.C18H17F3N4O2.C15H11F3N4.C6H11ClO2/c1-20(2)29-13-17(30-20)12-28-26-19(25-27-28)18-6-4-3-5-15(18)11-14-7-9-16(10-8-14)21(22,23)24;19-18(20,21)14-7-5-12(6-8-14)9-13-3-1-2-4-16(13)17-22-24-25(23-17)10-15(27)11-26;16-15(17,18)12-7-5-10(6-8-12)9-11-3-1-2-4-13(11)14-19-21-22-20-14;1-6(2)8-4-5(3-7)9-6/h3-10,17H,11-13H2,1-2H3;1-8,15,26-27H,9-11H2;1-8H,9H2,(H,19,20,21,22);5H,3-4H2,1-2H3. The second kappa shape index (κ2) is 28.8. The Hall–Kier alpha value is -8.05. The predicted molar refractivity (Wildman–Crippen MR) is 302 cm³/mol. The van der Waals surface area contributed by atoms with E-state index in [1.54, 1.807) is 12.1 Å². The Morgan fingerprint density at radius 1 is 0.534 bits per heavy atom. The summed E-state index contributed by atoms with van der Waals surface area (Å²) in [4.78, 5) is 2.66. The summed E-state index contributed by atoms with van der Waals surface area (Å²) in [6, 6.07) is 37.6. The van der Waals surface area contributed by atoms with Gasteiger partial charge in [0.25, 0.3) is 0 Å². The number of H-pyrrole nitrogens is 1. The molecule has 88 heavy (non-hydrogen) atoms. The number of rotatable bonds is 15. The van der Waals surface area contributed by atoms with Crippen LogP contribution in [0.4, 0.5) is 39.5 Å². The van der Waals surface area contributed by atoms with Crippen LogP contribution in [0.5, 0.6) is 0 Å². The van der Waals surface area contributed by atoms with Crippen molar-refractivity contribution < 1.29 is 68.7 Å². The number of nitrogens with zero attached hydrogens (tertiary/aromatic N) is 11. The van der Waals surface area contributed by atoms with Crippen molar-refractivity contribution in [2.75, 3.05) is 25.7 Å². The van der Waals surface area contributed by atoms with E-state index in [1.165, 1.54) is 46.0 Å². The summed E-state index contributed by atoms with van der Waals surface area (Å²) < 4.78 is 136. The summed E-state index contributed by atoms with van der Waals surface area (Å²) >= 11 is 5.53. The van der Waals surface area contributed by atoms with Crippen LogP contribution in [-0.4, -0.2) is 127 Å². The highest BCUT2D eigenvalue weighted by molar-refractivity contribution is 6.18. The fourth-order valence-corrected chi connectivity index (χ4v) is 9.18. The van der Waals surface area contributed by atoms with Crippen LogP contribution in [-0.2, 0) is 69.8 Å². The molecule has 3 N–H and O–H groups in total. The molecule has 3 unspecified atom stereocenters. The van der Waals surface area contributed by atoms with Crippen molar-refractivity contribution in [2.24, 2.45) is 0 Å². The first kappa shape index (κ1) is 65.9. The van der Waals surface area contributed by atoms with Gasteiger partial charge in [0.2, 0.25) is 17.5 Å². The number of aliphatic hydroxyl groups is 2. The normalized spacial score (nSPS) is 16.6. The van der Waals surface area contributed by atoms with E-state index in [1.807, 2.05) is 88.4 Å². The van der Waals surface area contributed by atoms with Crippen molar-refractivity contribution in [3.63, 3.8) is 0 Å². The third-order valence-corrected chi connectivity index (χ3v) is 13.7. The van der Waals surface area contributed by atoms with E-state index >= 15 is 0 Å². The molecule has 466 valence electrons. The van der Waals surface area contributed by atoms with E-state index in [0.29, 0.717) is 67.9 Å². The van der Waals surface area contributed by atoms with Crippen LogP contribution in [0.25, 0.3) is 34.2 Å². The van der Waals surface area contributed by atoms with Gasteiger partial charge in [0.15, 0.2) is 11.6 Å². The first-order valence-electron chi connectivity index (χ1n) is 27.2. The van der Waals surface area contributed by atoms with E-state index < -0.39 is 59.5 Å². The zero-order chi connectivity index (χ0) is 63.3. The Labute approximate surface area is 503 Å². The third-order valence-electron chi connectivity index (χ3n) is 13.3. The molecular formula is C60H60ClF9N12O6. The Balaban J connectivity index is 0.000000161. The lowest BCUT2D eigenvalue weighted by molar-refractivity contribution is -0.140. The fraction of sp³-hybridized carbons (Fsp3) is 0.350. The minimum atomic E-state index is -4.36. The monoisotopic (exact) mass is 1250 g/mol. The lowest BCUT2D eigenvalue weighted by Crippen LogP contribution is -2.25. The SMILES string of the molecule is CC1(C)OCC(CCl)O1.CC1(C)OCC(Cn2nnc(-c3ccccc3Cc3ccc(C(F)(F)F)cc3)n2)O1.FC(F)(F)c1ccc(Cc2ccccc2-c2nn[nH]n2)cc1.OCC(O)Cn1nnc(-c2ccccc2Cc2ccc(C(F)(F)F)cc2)n1. The number of aliphatic hydroxyl groups excluding tert-OH is 2. The predicted octanol–water partition coefficient (Wildman–Crippen LogP) is 11.3. The first-order chi connectivity index (χ1) is 41.7. The number of hydrogen-bond donors (Lipinski definition) is 3. The van der Waals surface area contributed by atoms with Crippen molar-refractivity contribution >= 4 is 11.6 Å². The summed E-state index contributed by atoms with van der Waals surface area (Å²) in [5, 5.41) is 56.8. The third kappa shape index (κ3) is 19.0. The number of aromatic nitrogens is 12. The average Bonchev–Trinajstić information content (AvgIpc) is 4.27. The Morgan fingerprint density at radius 2 is 0.909 bits per heavy atom. The van der Waals surface area contributed by atoms with Gasteiger partial charge in [-0.1, -0.05) is 109 Å². The minimum absolute atomic E-state index is 0.00454. The van der Waals surface area contributed by atoms with Crippen LogP contribution >= 0.6 is 11.6 Å². The van der Waals surface area contributed by atoms with Gasteiger partial charge in [-0.25, -0.2) is 0 Å². The van der Waals surface area contributed by atoms with Crippen LogP contribution in [0.15, 0.2) is 146 Å². The summed E-state index contributed by atoms with van der Waals surface area (Å²) in [6.45, 7) is 8.56. The van der Waals surface area contributed by atoms with E-state index in [9.17, 15) is 44.6 Å². The van der Waals surface area contributed by atoms with Crippen LogP contribution < -0.4 is 0 Å². The molecular weight excluding hydrogens is 1190 g/mol. The number of ether oxygens (including phenoxy) is 4. The number of alkyl halides is 10. The molecule has 18 nitrogen and oxygen atoms in total. The van der Waals surface area contributed by atoms with Gasteiger partial charge in [-0.05, 0) is 132 Å². The second-order valence-corrected chi connectivity index (χ2v) is 21.4. The zero-order valence-corrected chi connectivity index (χ0v) is 48.4. The Bertz CT molecular complexity index is 3630. The summed E-state index contributed by atoms with van der Waals surface area (Å²) in [5.74, 6) is 0.728. The number of halogens is 10. The molecule has 0 radical (unpaired) electrons. The van der Waals surface area contributed by atoms with E-state index in [-0.39, 0.29) is 18.8 Å². The maximum atomic E-state index is 12.8. The molecule has 9 aromatic rings. The lowest BCUT2D eigenvalue weighted by atomic mass is 9.98. The van der Waals surface area contributed by atoms with Crippen molar-refractivity contribution in [1.82, 2.24) is 61.0 Å². The van der Waals surface area contributed by atoms with Crippen LogP contribution in [0.3, 0.4) is 0 Å². The Morgan fingerprint density at radius 3 is 1.25 bits per heavy atom. The van der Waals surface area contributed by atoms with Crippen LogP contribution in [0, 0.1) is 0 Å². The molecule has 11 rings (SSSR count). The van der Waals surface area contributed by atoms with Crippen molar-refractivity contribution in [3.05, 3.63) is 196 Å². The number of tetrazole rings is 3. The molecule has 3 aromatic heterocycles. The van der Waals surface area contributed by atoms with Gasteiger partial charge < -0.3 is 29.2 Å². The molecule has 0 spiro atoms. The summed E-state index contributed by atoms with van der Waals surface area (Å²) in [5.41, 5.74) is 5.20. The fourth-order valence-electron chi connectivity index (χ4n) is 9.03. The van der Waals surface area contributed by atoms with Crippen molar-refractivity contribution in [3.8, 4) is 34.2 Å². The Kier molecular flexibility index (Phi) is 21.6.